The van der Waals surface area contributed by atoms with E-state index in [1.54, 1.807) is 6.20 Å². The second-order valence-electron chi connectivity index (χ2n) is 5.75. The topological polar surface area (TPSA) is 72.9 Å². The van der Waals surface area contributed by atoms with Gasteiger partial charge in [0, 0.05) is 37.4 Å². The van der Waals surface area contributed by atoms with Crippen molar-refractivity contribution < 1.29 is 4.79 Å². The molecule has 1 heterocycles. The fourth-order valence-electron chi connectivity index (χ4n) is 2.67. The van der Waals surface area contributed by atoms with Crippen molar-refractivity contribution in [1.29, 1.82) is 0 Å². The molecule has 1 aliphatic rings. The van der Waals surface area contributed by atoms with Crippen molar-refractivity contribution in [2.75, 3.05) is 6.54 Å². The predicted octanol–water partition coefficient (Wildman–Crippen LogP) is 1.91. The van der Waals surface area contributed by atoms with Gasteiger partial charge in [-0.3, -0.25) is 4.79 Å². The molecule has 1 aliphatic carbocycles. The summed E-state index contributed by atoms with van der Waals surface area (Å²) in [4.78, 5) is 16.2. The van der Waals surface area contributed by atoms with Gasteiger partial charge in [-0.2, -0.15) is 0 Å². The highest BCUT2D eigenvalue weighted by atomic mass is 35.5. The molecule has 0 aromatic carbocycles. The summed E-state index contributed by atoms with van der Waals surface area (Å²) in [6.45, 7) is 5.73. The zero-order valence-electron chi connectivity index (χ0n) is 12.6. The molecule has 0 bridgehead atoms. The molecule has 3 N–H and O–H groups in total. The average molecular weight is 337 g/mol. The molecule has 21 heavy (non-hydrogen) atoms. The molecule has 3 atom stereocenters. The van der Waals surface area contributed by atoms with Crippen LogP contribution in [-0.2, 0) is 11.3 Å². The Morgan fingerprint density at radius 1 is 1.52 bits per heavy atom. The van der Waals surface area contributed by atoms with E-state index in [4.69, 9.17) is 5.73 Å². The zero-order valence-corrected chi connectivity index (χ0v) is 14.3. The third kappa shape index (κ3) is 5.85. The Morgan fingerprint density at radius 3 is 2.76 bits per heavy atom. The van der Waals surface area contributed by atoms with E-state index in [-0.39, 0.29) is 42.7 Å². The number of rotatable bonds is 5. The fraction of sp³-hybridized carbons (Fsp3) is 0.714. The van der Waals surface area contributed by atoms with Crippen molar-refractivity contribution in [3.63, 3.8) is 0 Å². The number of hydrogen-bond acceptors (Lipinski definition) is 3. The SMILES string of the molecule is Cc1nccn1CC(C)CNC(=O)C1CCC(N)C1.Cl.Cl. The van der Waals surface area contributed by atoms with Gasteiger partial charge in [0.15, 0.2) is 0 Å². The van der Waals surface area contributed by atoms with Gasteiger partial charge in [-0.25, -0.2) is 4.98 Å². The van der Waals surface area contributed by atoms with Crippen LogP contribution in [0.2, 0.25) is 0 Å². The molecule has 1 aromatic rings. The minimum atomic E-state index is 0. The summed E-state index contributed by atoms with van der Waals surface area (Å²) in [7, 11) is 0. The quantitative estimate of drug-likeness (QED) is 0.862. The van der Waals surface area contributed by atoms with Crippen LogP contribution in [0.25, 0.3) is 0 Å². The predicted molar refractivity (Wildman–Crippen MR) is 89.0 cm³/mol. The van der Waals surface area contributed by atoms with Crippen LogP contribution >= 0.6 is 24.8 Å². The van der Waals surface area contributed by atoms with Crippen molar-refractivity contribution >= 4 is 30.7 Å². The maximum atomic E-state index is 12.0. The van der Waals surface area contributed by atoms with E-state index in [0.29, 0.717) is 12.5 Å². The lowest BCUT2D eigenvalue weighted by atomic mass is 10.1. The number of nitrogens with one attached hydrogen (secondary N) is 1. The van der Waals surface area contributed by atoms with Crippen molar-refractivity contribution in [3.8, 4) is 0 Å². The maximum absolute atomic E-state index is 12.0. The second-order valence-corrected chi connectivity index (χ2v) is 5.75. The van der Waals surface area contributed by atoms with Crippen LogP contribution in [0.5, 0.6) is 0 Å². The molecule has 5 nitrogen and oxygen atoms in total. The summed E-state index contributed by atoms with van der Waals surface area (Å²) in [5.41, 5.74) is 5.84. The highest BCUT2D eigenvalue weighted by Gasteiger charge is 2.27. The van der Waals surface area contributed by atoms with Crippen LogP contribution in [0, 0.1) is 18.8 Å². The van der Waals surface area contributed by atoms with E-state index in [9.17, 15) is 4.79 Å². The molecule has 7 heteroatoms. The number of nitrogens with two attached hydrogens (primary N) is 1. The number of amides is 1. The standard InChI is InChI=1S/C14H24N4O.2ClH/c1-10(9-18-6-5-16-11(18)2)8-17-14(19)12-3-4-13(15)7-12;;/h5-6,10,12-13H,3-4,7-9,15H2,1-2H3,(H,17,19);2*1H. The Bertz CT molecular complexity index is 438. The number of halogens is 2. The Morgan fingerprint density at radius 2 is 2.24 bits per heavy atom. The van der Waals surface area contributed by atoms with E-state index < -0.39 is 0 Å². The summed E-state index contributed by atoms with van der Waals surface area (Å²) in [5.74, 6) is 1.70. The average Bonchev–Trinajstić information content (AvgIpc) is 2.96. The summed E-state index contributed by atoms with van der Waals surface area (Å²) in [6, 6.07) is 0.210. The molecule has 1 fully saturated rings. The summed E-state index contributed by atoms with van der Waals surface area (Å²) in [5, 5.41) is 3.05. The van der Waals surface area contributed by atoms with Gasteiger partial charge >= 0.3 is 0 Å². The maximum Gasteiger partial charge on any atom is 0.223 e. The Kier molecular flexibility index (Phi) is 8.94. The molecular weight excluding hydrogens is 311 g/mol. The number of carbonyl (C=O) groups is 1. The minimum Gasteiger partial charge on any atom is -0.356 e. The van der Waals surface area contributed by atoms with E-state index in [0.717, 1.165) is 31.6 Å². The minimum absolute atomic E-state index is 0. The molecule has 1 aromatic heterocycles. The summed E-state index contributed by atoms with van der Waals surface area (Å²) in [6.07, 6.45) is 6.52. The normalized spacial score (nSPS) is 22.0. The summed E-state index contributed by atoms with van der Waals surface area (Å²) >= 11 is 0. The monoisotopic (exact) mass is 336 g/mol. The second kappa shape index (κ2) is 9.28. The first-order valence-electron chi connectivity index (χ1n) is 7.07. The van der Waals surface area contributed by atoms with Gasteiger partial charge < -0.3 is 15.6 Å². The highest BCUT2D eigenvalue weighted by Crippen LogP contribution is 2.24. The molecule has 3 unspecified atom stereocenters. The van der Waals surface area contributed by atoms with Gasteiger partial charge in [0.05, 0.1) is 0 Å². The van der Waals surface area contributed by atoms with E-state index >= 15 is 0 Å². The van der Waals surface area contributed by atoms with E-state index in [1.165, 1.54) is 0 Å². The van der Waals surface area contributed by atoms with Gasteiger partial charge in [0.2, 0.25) is 5.91 Å². The number of carbonyl (C=O) groups excluding carboxylic acids is 1. The van der Waals surface area contributed by atoms with Gasteiger partial charge in [-0.05, 0) is 32.1 Å². The van der Waals surface area contributed by atoms with Gasteiger partial charge in [-0.15, -0.1) is 24.8 Å². The Balaban J connectivity index is 0.00000200. The van der Waals surface area contributed by atoms with Crippen LogP contribution in [-0.4, -0.2) is 28.0 Å². The summed E-state index contributed by atoms with van der Waals surface area (Å²) < 4.78 is 2.11. The number of aromatic nitrogens is 2. The van der Waals surface area contributed by atoms with Crippen molar-refractivity contribution in [1.82, 2.24) is 14.9 Å². The van der Waals surface area contributed by atoms with E-state index in [2.05, 4.69) is 21.8 Å². The Labute approximate surface area is 138 Å². The molecule has 0 radical (unpaired) electrons. The van der Waals surface area contributed by atoms with Crippen LogP contribution in [0.1, 0.15) is 32.0 Å². The molecule has 1 amide bonds. The van der Waals surface area contributed by atoms with Crippen LogP contribution in [0.4, 0.5) is 0 Å². The molecule has 0 aliphatic heterocycles. The Hall–Kier alpha value is -0.780. The zero-order chi connectivity index (χ0) is 13.8. The molecule has 0 spiro atoms. The van der Waals surface area contributed by atoms with Crippen molar-refractivity contribution in [2.24, 2.45) is 17.6 Å². The lowest BCUT2D eigenvalue weighted by molar-refractivity contribution is -0.125. The number of nitrogens with zero attached hydrogens (tertiary/aromatic N) is 2. The highest BCUT2D eigenvalue weighted by molar-refractivity contribution is 5.85. The van der Waals surface area contributed by atoms with Crippen LogP contribution in [0.15, 0.2) is 12.4 Å². The first-order chi connectivity index (χ1) is 9.06. The number of imidazole rings is 1. The van der Waals surface area contributed by atoms with Crippen LogP contribution < -0.4 is 11.1 Å². The first-order valence-corrected chi connectivity index (χ1v) is 7.07. The van der Waals surface area contributed by atoms with Gasteiger partial charge in [0.25, 0.3) is 0 Å². The fourth-order valence-corrected chi connectivity index (χ4v) is 2.67. The van der Waals surface area contributed by atoms with Crippen molar-refractivity contribution in [2.45, 2.75) is 45.7 Å². The molecule has 122 valence electrons. The van der Waals surface area contributed by atoms with Crippen LogP contribution in [0.3, 0.4) is 0 Å². The number of aryl methyl sites for hydroxylation is 1. The first kappa shape index (κ1) is 20.2. The lowest BCUT2D eigenvalue weighted by Gasteiger charge is -2.16. The smallest absolute Gasteiger partial charge is 0.223 e. The molecular formula is C14H26Cl2N4O. The van der Waals surface area contributed by atoms with Gasteiger partial charge in [-0.1, -0.05) is 6.92 Å². The molecule has 1 saturated carbocycles. The lowest BCUT2D eigenvalue weighted by Crippen LogP contribution is -2.34. The van der Waals surface area contributed by atoms with Gasteiger partial charge in [0.1, 0.15) is 5.82 Å². The van der Waals surface area contributed by atoms with Crippen molar-refractivity contribution in [3.05, 3.63) is 18.2 Å². The largest absolute Gasteiger partial charge is 0.356 e. The molecule has 2 rings (SSSR count). The molecule has 0 saturated heterocycles. The third-order valence-electron chi connectivity index (χ3n) is 3.90. The number of hydrogen-bond donors (Lipinski definition) is 2. The third-order valence-corrected chi connectivity index (χ3v) is 3.90. The van der Waals surface area contributed by atoms with E-state index in [1.807, 2.05) is 13.1 Å².